The molecule has 1 N–H and O–H groups in total. The maximum absolute atomic E-state index is 12.5. The number of anilines is 1. The van der Waals surface area contributed by atoms with Gasteiger partial charge in [0, 0.05) is 14.8 Å². The highest BCUT2D eigenvalue weighted by Crippen LogP contribution is 2.37. The third-order valence-corrected chi connectivity index (χ3v) is 7.77. The first kappa shape index (κ1) is 44.3. The van der Waals surface area contributed by atoms with Gasteiger partial charge in [0.2, 0.25) is 0 Å². The molecule has 0 aliphatic heterocycles. The number of hydrogen-bond donors (Lipinski definition) is 1. The average molecular weight is 882 g/mol. The van der Waals surface area contributed by atoms with Gasteiger partial charge in [-0.15, -0.1) is 5.26 Å². The van der Waals surface area contributed by atoms with E-state index in [1.165, 1.54) is 57.9 Å². The fraction of sp³-hybridized carbons (Fsp3) is 0.263. The molecule has 0 spiro atoms. The van der Waals surface area contributed by atoms with E-state index >= 15 is 0 Å². The van der Waals surface area contributed by atoms with Crippen LogP contribution in [0.4, 0.5) is 5.69 Å². The van der Waals surface area contributed by atoms with Gasteiger partial charge in [-0.3, -0.25) is 4.79 Å². The minimum Gasteiger partial charge on any atom is -0.495 e. The number of nitrogens with zero attached hydrogens (tertiary/aromatic N) is 1. The number of nitriles is 1. The molecule has 0 aliphatic rings. The van der Waals surface area contributed by atoms with Crippen molar-refractivity contribution in [3.63, 3.8) is 0 Å². The molecule has 53 heavy (non-hydrogen) atoms. The van der Waals surface area contributed by atoms with Crippen molar-refractivity contribution in [1.82, 2.24) is 0 Å². The van der Waals surface area contributed by atoms with Crippen molar-refractivity contribution in [1.29, 1.82) is 5.26 Å². The smallest absolute Gasteiger partial charge is 0.337 e. The number of rotatable bonds is 11. The zero-order valence-electron chi connectivity index (χ0n) is 30.2. The van der Waals surface area contributed by atoms with Crippen molar-refractivity contribution in [2.75, 3.05) is 33.8 Å². The number of halogens is 3. The Morgan fingerprint density at radius 1 is 0.660 bits per heavy atom. The topological polar surface area (TPSA) is 152 Å². The zero-order valence-corrected chi connectivity index (χ0v) is 33.9. The Bertz CT molecular complexity index is 1880. The zero-order chi connectivity index (χ0) is 39.7. The van der Waals surface area contributed by atoms with Crippen LogP contribution in [-0.4, -0.2) is 58.5 Å². The number of esters is 2. The highest BCUT2D eigenvalue weighted by Gasteiger charge is 2.17. The summed E-state index contributed by atoms with van der Waals surface area (Å²) in [6, 6.07) is 19.3. The number of benzene rings is 4. The first-order chi connectivity index (χ1) is 25.2. The molecule has 4 aromatic rings. The third-order valence-electron chi connectivity index (χ3n) is 6.41. The largest absolute Gasteiger partial charge is 0.495 e. The first-order valence-corrected chi connectivity index (χ1v) is 17.5. The van der Waals surface area contributed by atoms with Crippen LogP contribution in [0.2, 0.25) is 10.0 Å². The lowest BCUT2D eigenvalue weighted by molar-refractivity contribution is 0.0592. The van der Waals surface area contributed by atoms with Gasteiger partial charge in [0.25, 0.3) is 12.2 Å². The molecule has 282 valence electrons. The molecule has 0 saturated carbocycles. The Hall–Kier alpha value is -4.91. The van der Waals surface area contributed by atoms with Gasteiger partial charge in [-0.05, 0) is 123 Å². The summed E-state index contributed by atoms with van der Waals surface area (Å²) >= 11 is 14.5. The number of carbonyl (C=O) groups is 3. The number of methoxy groups -OCH3 is 4. The molecule has 15 heteroatoms. The second kappa shape index (κ2) is 22.2. The second-order valence-electron chi connectivity index (χ2n) is 11.0. The quantitative estimate of drug-likeness (QED) is 0.0872. The van der Waals surface area contributed by atoms with E-state index in [4.69, 9.17) is 47.4 Å². The molecule has 0 bridgehead atoms. The summed E-state index contributed by atoms with van der Waals surface area (Å²) in [5.41, 5.74) is 1.68. The van der Waals surface area contributed by atoms with E-state index in [1.807, 2.05) is 39.8 Å². The highest BCUT2D eigenvalue weighted by atomic mass is 127. The summed E-state index contributed by atoms with van der Waals surface area (Å²) in [7, 11) is 5.68. The van der Waals surface area contributed by atoms with Crippen LogP contribution in [0.25, 0.3) is 0 Å². The van der Waals surface area contributed by atoms with E-state index in [0.717, 1.165) is 3.57 Å². The lowest BCUT2D eigenvalue weighted by atomic mass is 10.1. The standard InChI is InChI=1S/C19H20ClNO5.C10H12ClIO2.C9H7NO3/c1-11(2)26-16-10-13(9-15(24-3)17(16)20)18(22)21-14-7-5-12(6-8-14)19(23)25-4;1-6(2)14-9-5-7(12)4-8(13-3)10(9)11;1-12-9(11)7-2-4-8(5-3-7)13-6-10/h5-11H,1-4H3,(H,21,22);4-6H,1-3H3;2-5H,1H3. The molecule has 0 unspecified atom stereocenters. The van der Waals surface area contributed by atoms with Gasteiger partial charge in [-0.2, -0.15) is 0 Å². The van der Waals surface area contributed by atoms with E-state index in [-0.39, 0.29) is 18.1 Å². The van der Waals surface area contributed by atoms with Crippen molar-refractivity contribution in [2.24, 2.45) is 0 Å². The van der Waals surface area contributed by atoms with E-state index in [9.17, 15) is 14.4 Å². The average Bonchev–Trinajstić information content (AvgIpc) is 3.14. The van der Waals surface area contributed by atoms with E-state index < -0.39 is 11.9 Å². The summed E-state index contributed by atoms with van der Waals surface area (Å²) in [6.07, 6.45) is 1.53. The minimum atomic E-state index is -0.444. The first-order valence-electron chi connectivity index (χ1n) is 15.7. The fourth-order valence-electron chi connectivity index (χ4n) is 4.06. The molecule has 0 heterocycles. The summed E-state index contributed by atoms with van der Waals surface area (Å²) in [4.78, 5) is 35.0. The van der Waals surface area contributed by atoms with Crippen LogP contribution in [0.15, 0.2) is 72.8 Å². The summed E-state index contributed by atoms with van der Waals surface area (Å²) in [5, 5.41) is 11.8. The van der Waals surface area contributed by atoms with Gasteiger partial charge in [-0.1, -0.05) is 23.2 Å². The molecule has 4 aromatic carbocycles. The number of carbonyl (C=O) groups excluding carboxylic acids is 3. The Balaban J connectivity index is 0.000000303. The number of hydrogen-bond acceptors (Lipinski definition) is 11. The maximum Gasteiger partial charge on any atom is 0.337 e. The lowest BCUT2D eigenvalue weighted by Gasteiger charge is -2.15. The van der Waals surface area contributed by atoms with Gasteiger partial charge in [0.1, 0.15) is 38.8 Å². The molecule has 12 nitrogen and oxygen atoms in total. The number of amides is 1. The Morgan fingerprint density at radius 2 is 1.08 bits per heavy atom. The Labute approximate surface area is 332 Å². The third kappa shape index (κ3) is 14.2. The molecular formula is C38H39Cl2IN2O10. The van der Waals surface area contributed by atoms with Crippen LogP contribution < -0.4 is 29.0 Å². The van der Waals surface area contributed by atoms with Crippen LogP contribution in [0.1, 0.15) is 58.8 Å². The van der Waals surface area contributed by atoms with Gasteiger partial charge in [0.15, 0.2) is 0 Å². The molecular weight excluding hydrogens is 842 g/mol. The van der Waals surface area contributed by atoms with Crippen molar-refractivity contribution in [2.45, 2.75) is 39.9 Å². The molecule has 0 atom stereocenters. The van der Waals surface area contributed by atoms with Gasteiger partial charge in [0.05, 0.1) is 51.8 Å². The minimum absolute atomic E-state index is 0.107. The fourth-order valence-corrected chi connectivity index (χ4v) is 5.09. The van der Waals surface area contributed by atoms with E-state index in [1.54, 1.807) is 37.4 Å². The van der Waals surface area contributed by atoms with Crippen molar-refractivity contribution < 1.29 is 47.5 Å². The van der Waals surface area contributed by atoms with Crippen molar-refractivity contribution in [3.05, 3.63) is 103 Å². The van der Waals surface area contributed by atoms with E-state index in [2.05, 4.69) is 42.1 Å². The normalized spacial score (nSPS) is 9.96. The lowest BCUT2D eigenvalue weighted by Crippen LogP contribution is -2.14. The molecule has 0 saturated heterocycles. The second-order valence-corrected chi connectivity index (χ2v) is 13.0. The molecule has 0 fully saturated rings. The van der Waals surface area contributed by atoms with Crippen LogP contribution in [0.5, 0.6) is 28.7 Å². The van der Waals surface area contributed by atoms with Crippen LogP contribution in [-0.2, 0) is 9.47 Å². The summed E-state index contributed by atoms with van der Waals surface area (Å²) < 4.78 is 36.2. The highest BCUT2D eigenvalue weighted by molar-refractivity contribution is 14.1. The summed E-state index contributed by atoms with van der Waals surface area (Å²) in [6.45, 7) is 7.64. The van der Waals surface area contributed by atoms with Crippen LogP contribution in [0.3, 0.4) is 0 Å². The number of nitrogens with one attached hydrogen (secondary N) is 1. The van der Waals surface area contributed by atoms with Gasteiger partial charge in [-0.25, -0.2) is 9.59 Å². The van der Waals surface area contributed by atoms with Gasteiger partial charge < -0.3 is 38.5 Å². The molecule has 0 aliphatic carbocycles. The SMILES string of the molecule is COC(=O)c1ccc(NC(=O)c2cc(OC)c(Cl)c(OC(C)C)c2)cc1.COC(=O)c1ccc(OC#N)cc1.COc1cc(I)cc(OC(C)C)c1Cl. The van der Waals surface area contributed by atoms with E-state index in [0.29, 0.717) is 61.2 Å². The van der Waals surface area contributed by atoms with Crippen LogP contribution >= 0.6 is 45.8 Å². The molecule has 4 rings (SSSR count). The summed E-state index contributed by atoms with van der Waals surface area (Å²) in [5.74, 6) is 1.21. The Kier molecular flexibility index (Phi) is 18.6. The predicted molar refractivity (Wildman–Crippen MR) is 210 cm³/mol. The van der Waals surface area contributed by atoms with Gasteiger partial charge >= 0.3 is 11.9 Å². The molecule has 1 amide bonds. The molecule has 0 aromatic heterocycles. The van der Waals surface area contributed by atoms with Crippen LogP contribution in [0, 0.1) is 15.1 Å². The maximum atomic E-state index is 12.5. The number of ether oxygens (including phenoxy) is 7. The molecule has 0 radical (unpaired) electrons. The van der Waals surface area contributed by atoms with Crippen molar-refractivity contribution in [3.8, 4) is 35.0 Å². The van der Waals surface area contributed by atoms with Crippen molar-refractivity contribution >= 4 is 69.3 Å². The Morgan fingerprint density at radius 3 is 1.51 bits per heavy atom. The monoisotopic (exact) mass is 880 g/mol. The predicted octanol–water partition coefficient (Wildman–Crippen LogP) is 9.25.